The second kappa shape index (κ2) is 7.95. The molecule has 0 radical (unpaired) electrons. The van der Waals surface area contributed by atoms with Crippen molar-refractivity contribution in [2.45, 2.75) is 43.9 Å². The van der Waals surface area contributed by atoms with E-state index in [2.05, 4.69) is 12.1 Å². The van der Waals surface area contributed by atoms with Crippen LogP contribution >= 0.6 is 24.0 Å². The van der Waals surface area contributed by atoms with Crippen LogP contribution in [-0.4, -0.2) is 17.3 Å². The highest BCUT2D eigenvalue weighted by Crippen LogP contribution is 2.61. The lowest BCUT2D eigenvalue weighted by Gasteiger charge is -2.57. The number of benzene rings is 2. The van der Waals surface area contributed by atoms with Gasteiger partial charge in [0.25, 0.3) is 5.91 Å². The number of hydrogen-bond donors (Lipinski definition) is 0. The summed E-state index contributed by atoms with van der Waals surface area (Å²) in [5.74, 6) is 2.73. The van der Waals surface area contributed by atoms with Gasteiger partial charge < -0.3 is 4.74 Å². The molecule has 4 saturated carbocycles. The summed E-state index contributed by atoms with van der Waals surface area (Å²) in [5.41, 5.74) is 3.01. The molecule has 33 heavy (non-hydrogen) atoms. The van der Waals surface area contributed by atoms with E-state index in [1.807, 2.05) is 12.1 Å². The van der Waals surface area contributed by atoms with Crippen molar-refractivity contribution >= 4 is 46.0 Å². The summed E-state index contributed by atoms with van der Waals surface area (Å²) in [6.07, 6.45) is 9.97. The molecule has 170 valence electrons. The van der Waals surface area contributed by atoms with Crippen molar-refractivity contribution in [3.8, 4) is 5.75 Å². The molecule has 0 unspecified atom stereocenters. The van der Waals surface area contributed by atoms with Crippen LogP contribution in [0.25, 0.3) is 6.08 Å². The Labute approximate surface area is 203 Å². The van der Waals surface area contributed by atoms with E-state index >= 15 is 0 Å². The number of anilines is 1. The number of hydrogen-bond acceptors (Lipinski definition) is 4. The Morgan fingerprint density at radius 2 is 1.79 bits per heavy atom. The summed E-state index contributed by atoms with van der Waals surface area (Å²) in [5, 5.41) is 0. The molecule has 1 amide bonds. The van der Waals surface area contributed by atoms with E-state index in [1.54, 1.807) is 19.2 Å². The molecule has 4 aliphatic carbocycles. The first-order valence-electron chi connectivity index (χ1n) is 11.7. The molecule has 0 N–H and O–H groups in total. The van der Waals surface area contributed by atoms with Crippen molar-refractivity contribution < 1.29 is 13.9 Å². The van der Waals surface area contributed by atoms with Gasteiger partial charge in [0.2, 0.25) is 0 Å². The van der Waals surface area contributed by atoms with E-state index in [0.29, 0.717) is 14.9 Å². The van der Waals surface area contributed by atoms with E-state index in [4.69, 9.17) is 17.0 Å². The molecule has 0 spiro atoms. The van der Waals surface area contributed by atoms with E-state index in [0.717, 1.165) is 29.1 Å². The van der Waals surface area contributed by atoms with Crippen LogP contribution in [0.3, 0.4) is 0 Å². The molecule has 5 aliphatic rings. The molecule has 4 bridgehead atoms. The van der Waals surface area contributed by atoms with Crippen LogP contribution < -0.4 is 9.64 Å². The summed E-state index contributed by atoms with van der Waals surface area (Å²) in [7, 11) is 1.66. The molecule has 0 atom stereocenters. The largest absolute Gasteiger partial charge is 0.496 e. The number of carbonyl (C=O) groups is 1. The third-order valence-corrected chi connectivity index (χ3v) is 9.33. The smallest absolute Gasteiger partial charge is 0.270 e. The van der Waals surface area contributed by atoms with Crippen LogP contribution in [0, 0.1) is 23.6 Å². The standard InChI is InChI=1S/C27H26FNO2S2/c1-31-23-6-5-20(27-13-16-7-17(14-27)9-18(8-16)15-27)10-19(23)11-24-25(30)29(26(32)33-24)22-4-2-3-21(28)12-22/h2-6,10-12,16-18H,7-9,13-15H2,1H3/b24-11-. The third kappa shape index (κ3) is 3.62. The lowest BCUT2D eigenvalue weighted by Crippen LogP contribution is -2.48. The van der Waals surface area contributed by atoms with E-state index in [1.165, 1.54) is 72.9 Å². The van der Waals surface area contributed by atoms with Gasteiger partial charge in [0, 0.05) is 5.56 Å². The number of halogens is 1. The summed E-state index contributed by atoms with van der Waals surface area (Å²) >= 11 is 6.73. The number of thiocarbonyl (C=S) groups is 1. The van der Waals surface area contributed by atoms with Crippen molar-refractivity contribution in [3.63, 3.8) is 0 Å². The zero-order chi connectivity index (χ0) is 22.7. The van der Waals surface area contributed by atoms with Crippen LogP contribution in [0.2, 0.25) is 0 Å². The van der Waals surface area contributed by atoms with Gasteiger partial charge >= 0.3 is 0 Å². The molecule has 0 aromatic heterocycles. The number of nitrogens with zero attached hydrogens (tertiary/aromatic N) is 1. The minimum Gasteiger partial charge on any atom is -0.496 e. The first kappa shape index (κ1) is 21.4. The normalized spacial score (nSPS) is 31.6. The van der Waals surface area contributed by atoms with Crippen LogP contribution in [0.1, 0.15) is 49.7 Å². The van der Waals surface area contributed by atoms with E-state index < -0.39 is 5.82 Å². The fraction of sp³-hybridized carbons (Fsp3) is 0.407. The average Bonchev–Trinajstić information content (AvgIpc) is 3.05. The second-order valence-corrected chi connectivity index (χ2v) is 11.8. The maximum atomic E-state index is 13.8. The Morgan fingerprint density at radius 1 is 1.09 bits per heavy atom. The zero-order valence-electron chi connectivity index (χ0n) is 18.6. The molecule has 1 saturated heterocycles. The number of amides is 1. The van der Waals surface area contributed by atoms with Gasteiger partial charge in [-0.2, -0.15) is 0 Å². The Bertz CT molecular complexity index is 1160. The van der Waals surface area contributed by atoms with Gasteiger partial charge in [0.15, 0.2) is 4.32 Å². The molecule has 1 aliphatic heterocycles. The monoisotopic (exact) mass is 479 g/mol. The summed E-state index contributed by atoms with van der Waals surface area (Å²) in [6, 6.07) is 12.5. The minimum absolute atomic E-state index is 0.224. The van der Waals surface area contributed by atoms with Gasteiger partial charge in [0.05, 0.1) is 17.7 Å². The predicted octanol–water partition coefficient (Wildman–Crippen LogP) is 6.71. The molecule has 1 heterocycles. The van der Waals surface area contributed by atoms with Crippen LogP contribution in [0.4, 0.5) is 10.1 Å². The van der Waals surface area contributed by atoms with Crippen molar-refractivity contribution in [2.24, 2.45) is 17.8 Å². The van der Waals surface area contributed by atoms with Gasteiger partial charge in [-0.15, -0.1) is 0 Å². The SMILES string of the molecule is COc1ccc(C23CC4CC(CC(C4)C2)C3)cc1/C=C1\SC(=S)N(c2cccc(F)c2)C1=O. The highest BCUT2D eigenvalue weighted by molar-refractivity contribution is 8.27. The first-order chi connectivity index (χ1) is 15.9. The summed E-state index contributed by atoms with van der Waals surface area (Å²) < 4.78 is 19.8. The quantitative estimate of drug-likeness (QED) is 0.360. The molecule has 6 heteroatoms. The molecular weight excluding hydrogens is 453 g/mol. The number of methoxy groups -OCH3 is 1. The number of ether oxygens (including phenoxy) is 1. The van der Waals surface area contributed by atoms with Gasteiger partial charge in [-0.25, -0.2) is 4.39 Å². The van der Waals surface area contributed by atoms with E-state index in [-0.39, 0.29) is 11.3 Å². The molecule has 5 fully saturated rings. The number of rotatable bonds is 4. The number of carbonyl (C=O) groups excluding carboxylic acids is 1. The maximum Gasteiger partial charge on any atom is 0.270 e. The molecule has 3 nitrogen and oxygen atoms in total. The van der Waals surface area contributed by atoms with Crippen molar-refractivity contribution in [1.29, 1.82) is 0 Å². The number of thioether (sulfide) groups is 1. The average molecular weight is 480 g/mol. The van der Waals surface area contributed by atoms with Crippen molar-refractivity contribution in [3.05, 3.63) is 64.3 Å². The van der Waals surface area contributed by atoms with E-state index in [9.17, 15) is 9.18 Å². The van der Waals surface area contributed by atoms with Crippen molar-refractivity contribution in [2.75, 3.05) is 12.0 Å². The van der Waals surface area contributed by atoms with Crippen molar-refractivity contribution in [1.82, 2.24) is 0 Å². The Kier molecular flexibility index (Phi) is 5.15. The highest BCUT2D eigenvalue weighted by atomic mass is 32.2. The first-order valence-corrected chi connectivity index (χ1v) is 12.9. The van der Waals surface area contributed by atoms with Gasteiger partial charge in [-0.05, 0) is 104 Å². The van der Waals surface area contributed by atoms with Crippen LogP contribution in [-0.2, 0) is 10.2 Å². The van der Waals surface area contributed by atoms with Gasteiger partial charge in [-0.1, -0.05) is 36.1 Å². The third-order valence-electron chi connectivity index (χ3n) is 8.03. The Morgan fingerprint density at radius 3 is 2.42 bits per heavy atom. The summed E-state index contributed by atoms with van der Waals surface area (Å²) in [4.78, 5) is 15.2. The molecule has 7 rings (SSSR count). The Hall–Kier alpha value is -2.18. The van der Waals surface area contributed by atoms with Gasteiger partial charge in [-0.3, -0.25) is 9.69 Å². The predicted molar refractivity (Wildman–Crippen MR) is 135 cm³/mol. The molecule has 2 aromatic carbocycles. The van der Waals surface area contributed by atoms with Crippen LogP contribution in [0.5, 0.6) is 5.75 Å². The molecular formula is C27H26FNO2S2. The lowest BCUT2D eigenvalue weighted by molar-refractivity contribution is -0.113. The second-order valence-electron chi connectivity index (χ2n) is 10.2. The zero-order valence-corrected chi connectivity index (χ0v) is 20.2. The van der Waals surface area contributed by atoms with Crippen LogP contribution in [0.15, 0.2) is 47.4 Å². The fourth-order valence-corrected chi connectivity index (χ4v) is 8.38. The fourth-order valence-electron chi connectivity index (χ4n) is 7.09. The maximum absolute atomic E-state index is 13.8. The molecule has 2 aromatic rings. The minimum atomic E-state index is -0.393. The van der Waals surface area contributed by atoms with Gasteiger partial charge in [0.1, 0.15) is 11.6 Å². The summed E-state index contributed by atoms with van der Waals surface area (Å²) in [6.45, 7) is 0. The lowest BCUT2D eigenvalue weighted by atomic mass is 9.48. The topological polar surface area (TPSA) is 29.5 Å². The highest BCUT2D eigenvalue weighted by Gasteiger charge is 2.51. The Balaban J connectivity index is 1.36.